The lowest BCUT2D eigenvalue weighted by molar-refractivity contribution is 0.437. The molecule has 0 aromatic heterocycles. The molecule has 0 aromatic carbocycles. The molecule has 0 heterocycles. The highest BCUT2D eigenvalue weighted by Crippen LogP contribution is 1.97. The maximum Gasteiger partial charge on any atom is 0.0420 e. The number of rotatable bonds is 6. The summed E-state index contributed by atoms with van der Waals surface area (Å²) in [5.41, 5.74) is 0. The normalized spacial score (nSPS) is 11.5. The van der Waals surface area contributed by atoms with Gasteiger partial charge in [-0.25, -0.2) is 0 Å². The van der Waals surface area contributed by atoms with Crippen LogP contribution in [-0.2, 0) is 0 Å². The molecule has 0 fully saturated rings. The first-order valence-electron chi connectivity index (χ1n) is 4.08. The van der Waals surface area contributed by atoms with Gasteiger partial charge in [0.05, 0.1) is 0 Å². The average Bonchev–Trinajstić information content (AvgIpc) is 1.85. The lowest BCUT2D eigenvalue weighted by atomic mass is 10.4. The van der Waals surface area contributed by atoms with Gasteiger partial charge < -0.3 is 10.2 Å². The van der Waals surface area contributed by atoms with E-state index in [2.05, 4.69) is 38.2 Å². The van der Waals surface area contributed by atoms with E-state index in [1.807, 2.05) is 11.8 Å². The van der Waals surface area contributed by atoms with Crippen LogP contribution in [0.15, 0.2) is 0 Å². The first kappa shape index (κ1) is 11.3. The van der Waals surface area contributed by atoms with E-state index in [4.69, 9.17) is 0 Å². The van der Waals surface area contributed by atoms with Crippen molar-refractivity contribution in [1.82, 2.24) is 10.2 Å². The van der Waals surface area contributed by atoms with Gasteiger partial charge in [0.2, 0.25) is 0 Å². The van der Waals surface area contributed by atoms with Crippen LogP contribution >= 0.6 is 11.8 Å². The average molecular weight is 176 g/mol. The second kappa shape index (κ2) is 6.95. The van der Waals surface area contributed by atoms with E-state index in [0.29, 0.717) is 6.04 Å². The maximum absolute atomic E-state index is 3.36. The van der Waals surface area contributed by atoms with Crippen LogP contribution in [0.4, 0.5) is 0 Å². The number of hydrogen-bond acceptors (Lipinski definition) is 3. The van der Waals surface area contributed by atoms with Crippen molar-refractivity contribution in [2.45, 2.75) is 19.9 Å². The van der Waals surface area contributed by atoms with Crippen molar-refractivity contribution in [3.63, 3.8) is 0 Å². The summed E-state index contributed by atoms with van der Waals surface area (Å²) in [5, 5.41) is 3.36. The fourth-order valence-electron chi connectivity index (χ4n) is 0.545. The van der Waals surface area contributed by atoms with E-state index < -0.39 is 0 Å². The number of nitrogens with one attached hydrogen (secondary N) is 1. The molecular weight excluding hydrogens is 156 g/mol. The van der Waals surface area contributed by atoms with Crippen molar-refractivity contribution in [3.8, 4) is 0 Å². The third kappa shape index (κ3) is 10.3. The highest BCUT2D eigenvalue weighted by atomic mass is 32.2. The Labute approximate surface area is 74.7 Å². The van der Waals surface area contributed by atoms with Crippen LogP contribution in [0.1, 0.15) is 13.8 Å². The van der Waals surface area contributed by atoms with E-state index in [0.717, 1.165) is 5.88 Å². The zero-order chi connectivity index (χ0) is 8.69. The second-order valence-electron chi connectivity index (χ2n) is 3.21. The van der Waals surface area contributed by atoms with Crippen molar-refractivity contribution in [3.05, 3.63) is 0 Å². The molecule has 1 N–H and O–H groups in total. The molecule has 0 aromatic rings. The summed E-state index contributed by atoms with van der Waals surface area (Å²) in [6.45, 7) is 5.52. The highest BCUT2D eigenvalue weighted by molar-refractivity contribution is 7.99. The topological polar surface area (TPSA) is 15.3 Å². The highest BCUT2D eigenvalue weighted by Gasteiger charge is 1.92. The van der Waals surface area contributed by atoms with E-state index in [1.165, 1.54) is 12.3 Å². The quantitative estimate of drug-likeness (QED) is 0.484. The van der Waals surface area contributed by atoms with E-state index in [9.17, 15) is 0 Å². The number of nitrogens with zero attached hydrogens (tertiary/aromatic N) is 1. The predicted molar refractivity (Wildman–Crippen MR) is 54.2 cm³/mol. The third-order valence-corrected chi connectivity index (χ3v) is 2.12. The van der Waals surface area contributed by atoms with Gasteiger partial charge in [-0.2, -0.15) is 0 Å². The minimum absolute atomic E-state index is 0.613. The second-order valence-corrected chi connectivity index (χ2v) is 4.32. The van der Waals surface area contributed by atoms with Crippen molar-refractivity contribution in [1.29, 1.82) is 0 Å². The molecule has 0 spiro atoms. The predicted octanol–water partition coefficient (Wildman–Crippen LogP) is 1.24. The summed E-state index contributed by atoms with van der Waals surface area (Å²) in [7, 11) is 4.22. The van der Waals surface area contributed by atoms with Crippen molar-refractivity contribution < 1.29 is 0 Å². The minimum atomic E-state index is 0.613. The van der Waals surface area contributed by atoms with Crippen molar-refractivity contribution >= 4 is 11.8 Å². The largest absolute Gasteiger partial charge is 0.309 e. The first-order chi connectivity index (χ1) is 5.13. The molecule has 0 saturated carbocycles. The molecule has 0 radical (unpaired) electrons. The lowest BCUT2D eigenvalue weighted by Crippen LogP contribution is -2.23. The summed E-state index contributed by atoms with van der Waals surface area (Å²) < 4.78 is 0. The molecule has 0 aliphatic heterocycles. The van der Waals surface area contributed by atoms with Crippen LogP contribution in [0.25, 0.3) is 0 Å². The smallest absolute Gasteiger partial charge is 0.0420 e. The van der Waals surface area contributed by atoms with Crippen LogP contribution in [0.5, 0.6) is 0 Å². The fraction of sp³-hybridized carbons (Fsp3) is 1.00. The first-order valence-corrected chi connectivity index (χ1v) is 5.24. The third-order valence-electron chi connectivity index (χ3n) is 1.28. The van der Waals surface area contributed by atoms with Crippen LogP contribution in [0.2, 0.25) is 0 Å². The molecule has 3 heteroatoms. The molecule has 0 atom stereocenters. The molecule has 0 bridgehead atoms. The molecule has 0 aliphatic carbocycles. The summed E-state index contributed by atoms with van der Waals surface area (Å²) in [4.78, 5) is 2.21. The van der Waals surface area contributed by atoms with Crippen LogP contribution in [0, 0.1) is 0 Å². The van der Waals surface area contributed by atoms with Crippen LogP contribution in [0.3, 0.4) is 0 Å². The Morgan fingerprint density at radius 3 is 2.45 bits per heavy atom. The number of thioether (sulfide) groups is 1. The molecule has 0 amide bonds. The lowest BCUT2D eigenvalue weighted by Gasteiger charge is -2.10. The van der Waals surface area contributed by atoms with E-state index >= 15 is 0 Å². The summed E-state index contributed by atoms with van der Waals surface area (Å²) in [6, 6.07) is 0.613. The van der Waals surface area contributed by atoms with E-state index in [1.54, 1.807) is 0 Å². The van der Waals surface area contributed by atoms with Gasteiger partial charge in [-0.3, -0.25) is 0 Å². The van der Waals surface area contributed by atoms with Crippen LogP contribution in [-0.4, -0.2) is 43.2 Å². The summed E-state index contributed by atoms with van der Waals surface area (Å²) in [5.74, 6) is 2.29. The Morgan fingerprint density at radius 2 is 2.00 bits per heavy atom. The van der Waals surface area contributed by atoms with Crippen molar-refractivity contribution in [2.24, 2.45) is 0 Å². The van der Waals surface area contributed by atoms with Gasteiger partial charge in [0.15, 0.2) is 0 Å². The Morgan fingerprint density at radius 1 is 1.36 bits per heavy atom. The molecular formula is C8H20N2S. The Hall–Kier alpha value is 0.270. The molecule has 0 rings (SSSR count). The van der Waals surface area contributed by atoms with Gasteiger partial charge >= 0.3 is 0 Å². The fourth-order valence-corrected chi connectivity index (χ4v) is 1.63. The molecule has 11 heavy (non-hydrogen) atoms. The monoisotopic (exact) mass is 176 g/mol. The van der Waals surface area contributed by atoms with Gasteiger partial charge in [-0.15, -0.1) is 11.8 Å². The molecule has 2 nitrogen and oxygen atoms in total. The van der Waals surface area contributed by atoms with Crippen molar-refractivity contribution in [2.75, 3.05) is 32.3 Å². The van der Waals surface area contributed by atoms with Gasteiger partial charge in [0.1, 0.15) is 0 Å². The maximum atomic E-state index is 3.36. The van der Waals surface area contributed by atoms with Gasteiger partial charge in [0.25, 0.3) is 0 Å². The molecule has 0 unspecified atom stereocenters. The Balaban J connectivity index is 2.91. The van der Waals surface area contributed by atoms with Crippen LogP contribution < -0.4 is 5.32 Å². The van der Waals surface area contributed by atoms with Gasteiger partial charge in [-0.05, 0) is 14.1 Å². The molecule has 0 aliphatic rings. The van der Waals surface area contributed by atoms with E-state index in [-0.39, 0.29) is 0 Å². The summed E-state index contributed by atoms with van der Waals surface area (Å²) >= 11 is 1.96. The SMILES string of the molecule is CC(C)NCSCCN(C)C. The van der Waals surface area contributed by atoms with Gasteiger partial charge in [-0.1, -0.05) is 13.8 Å². The Bertz CT molecular complexity index is 74.2. The zero-order valence-corrected chi connectivity index (χ0v) is 8.87. The minimum Gasteiger partial charge on any atom is -0.309 e. The van der Waals surface area contributed by atoms with Gasteiger partial charge in [0, 0.05) is 24.2 Å². The summed E-state index contributed by atoms with van der Waals surface area (Å²) in [6.07, 6.45) is 0. The molecule has 68 valence electrons. The molecule has 0 saturated heterocycles. The zero-order valence-electron chi connectivity index (χ0n) is 8.05. The Kier molecular flexibility index (Phi) is 7.12. The standard InChI is InChI=1S/C8H20N2S/c1-8(2)9-7-11-6-5-10(3)4/h8-9H,5-7H2,1-4H3. The number of hydrogen-bond donors (Lipinski definition) is 1.